The average molecular weight is 194 g/mol. The lowest BCUT2D eigenvalue weighted by Crippen LogP contribution is -2.41. The fraction of sp³-hybridized carbons (Fsp3) is 0.818. The maximum absolute atomic E-state index is 5.54. The van der Waals surface area contributed by atoms with E-state index in [2.05, 4.69) is 10.2 Å². The van der Waals surface area contributed by atoms with Crippen molar-refractivity contribution < 1.29 is 4.74 Å². The van der Waals surface area contributed by atoms with Gasteiger partial charge < -0.3 is 10.1 Å². The van der Waals surface area contributed by atoms with Crippen molar-refractivity contribution in [2.24, 2.45) is 0 Å². The molecule has 1 unspecified atom stereocenters. The largest absolute Gasteiger partial charge is 0.380 e. The zero-order valence-corrected chi connectivity index (χ0v) is 8.59. The van der Waals surface area contributed by atoms with E-state index in [9.17, 15) is 0 Å². The standard InChI is InChI=1S/C11H18N2O/c1-2-11(8-14-3-1)13-6-9-4-12-5-10(9)7-13/h11-12H,1-8H2. The van der Waals surface area contributed by atoms with Crippen LogP contribution in [-0.4, -0.2) is 50.3 Å². The van der Waals surface area contributed by atoms with Crippen LogP contribution in [0.15, 0.2) is 11.1 Å². The summed E-state index contributed by atoms with van der Waals surface area (Å²) in [5, 5.41) is 3.42. The van der Waals surface area contributed by atoms with Gasteiger partial charge in [-0.1, -0.05) is 0 Å². The summed E-state index contributed by atoms with van der Waals surface area (Å²) in [6, 6.07) is 0.689. The number of rotatable bonds is 1. The summed E-state index contributed by atoms with van der Waals surface area (Å²) < 4.78 is 5.54. The molecule has 3 heteroatoms. The lowest BCUT2D eigenvalue weighted by Gasteiger charge is -2.31. The van der Waals surface area contributed by atoms with Gasteiger partial charge in [-0.25, -0.2) is 0 Å². The van der Waals surface area contributed by atoms with Gasteiger partial charge in [0.15, 0.2) is 0 Å². The third-order valence-electron chi connectivity index (χ3n) is 3.62. The summed E-state index contributed by atoms with van der Waals surface area (Å²) in [6.45, 7) is 6.55. The Morgan fingerprint density at radius 2 is 2.00 bits per heavy atom. The van der Waals surface area contributed by atoms with Crippen molar-refractivity contribution in [2.45, 2.75) is 18.9 Å². The number of nitrogens with one attached hydrogen (secondary N) is 1. The van der Waals surface area contributed by atoms with E-state index in [1.54, 1.807) is 11.1 Å². The lowest BCUT2D eigenvalue weighted by atomic mass is 10.1. The third-order valence-corrected chi connectivity index (χ3v) is 3.62. The molecule has 3 aliphatic heterocycles. The van der Waals surface area contributed by atoms with Crippen LogP contribution in [0.1, 0.15) is 12.8 Å². The van der Waals surface area contributed by atoms with Crippen molar-refractivity contribution in [1.29, 1.82) is 0 Å². The van der Waals surface area contributed by atoms with E-state index in [1.165, 1.54) is 25.9 Å². The smallest absolute Gasteiger partial charge is 0.0622 e. The highest BCUT2D eigenvalue weighted by molar-refractivity contribution is 5.30. The molecule has 0 bridgehead atoms. The number of nitrogens with zero attached hydrogens (tertiary/aromatic N) is 1. The highest BCUT2D eigenvalue weighted by atomic mass is 16.5. The van der Waals surface area contributed by atoms with Crippen LogP contribution in [0.3, 0.4) is 0 Å². The van der Waals surface area contributed by atoms with E-state index in [0.717, 1.165) is 26.3 Å². The Morgan fingerprint density at radius 1 is 1.21 bits per heavy atom. The van der Waals surface area contributed by atoms with E-state index in [0.29, 0.717) is 6.04 Å². The molecule has 1 N–H and O–H groups in total. The Morgan fingerprint density at radius 3 is 2.64 bits per heavy atom. The average Bonchev–Trinajstić information content (AvgIpc) is 2.78. The van der Waals surface area contributed by atoms with Crippen LogP contribution in [-0.2, 0) is 4.74 Å². The fourth-order valence-electron chi connectivity index (χ4n) is 2.77. The van der Waals surface area contributed by atoms with Crippen LogP contribution < -0.4 is 5.32 Å². The monoisotopic (exact) mass is 194 g/mol. The summed E-state index contributed by atoms with van der Waals surface area (Å²) in [7, 11) is 0. The van der Waals surface area contributed by atoms with Crippen LogP contribution in [0.25, 0.3) is 0 Å². The van der Waals surface area contributed by atoms with Gasteiger partial charge in [0.1, 0.15) is 0 Å². The number of hydrogen-bond donors (Lipinski definition) is 1. The Bertz CT molecular complexity index is 240. The molecule has 1 fully saturated rings. The minimum Gasteiger partial charge on any atom is -0.380 e. The molecule has 1 saturated heterocycles. The molecular formula is C11H18N2O. The summed E-state index contributed by atoms with van der Waals surface area (Å²) in [4.78, 5) is 2.60. The van der Waals surface area contributed by atoms with Gasteiger partial charge in [-0.05, 0) is 24.0 Å². The molecule has 0 radical (unpaired) electrons. The number of ether oxygens (including phenoxy) is 1. The Hall–Kier alpha value is -0.380. The van der Waals surface area contributed by atoms with Crippen LogP contribution in [0.4, 0.5) is 0 Å². The van der Waals surface area contributed by atoms with Crippen LogP contribution in [0, 0.1) is 0 Å². The van der Waals surface area contributed by atoms with Crippen molar-refractivity contribution in [2.75, 3.05) is 39.4 Å². The van der Waals surface area contributed by atoms with E-state index in [4.69, 9.17) is 4.74 Å². The summed E-state index contributed by atoms with van der Waals surface area (Å²) >= 11 is 0. The molecule has 0 aromatic heterocycles. The molecule has 0 aromatic carbocycles. The normalized spacial score (nSPS) is 33.9. The molecule has 0 saturated carbocycles. The van der Waals surface area contributed by atoms with Gasteiger partial charge in [-0.2, -0.15) is 0 Å². The number of hydrogen-bond acceptors (Lipinski definition) is 3. The van der Waals surface area contributed by atoms with Crippen molar-refractivity contribution >= 4 is 0 Å². The minimum atomic E-state index is 0.689. The van der Waals surface area contributed by atoms with E-state index in [-0.39, 0.29) is 0 Å². The SMILES string of the molecule is C1COCC(N2CC3=C(CNC3)C2)C1. The van der Waals surface area contributed by atoms with Crippen molar-refractivity contribution in [3.8, 4) is 0 Å². The van der Waals surface area contributed by atoms with E-state index in [1.807, 2.05) is 0 Å². The molecule has 14 heavy (non-hydrogen) atoms. The second-order valence-electron chi connectivity index (χ2n) is 4.59. The lowest BCUT2D eigenvalue weighted by molar-refractivity contribution is 0.0273. The first-order valence-corrected chi connectivity index (χ1v) is 5.66. The zero-order valence-electron chi connectivity index (χ0n) is 8.59. The predicted molar refractivity (Wildman–Crippen MR) is 55.3 cm³/mol. The van der Waals surface area contributed by atoms with Gasteiger partial charge in [0.2, 0.25) is 0 Å². The van der Waals surface area contributed by atoms with E-state index < -0.39 is 0 Å². The third kappa shape index (κ3) is 1.49. The molecule has 0 aliphatic carbocycles. The predicted octanol–water partition coefficient (Wildman–Crippen LogP) is 0.381. The first-order valence-electron chi connectivity index (χ1n) is 5.66. The molecule has 0 amide bonds. The molecule has 3 aliphatic rings. The molecule has 1 atom stereocenters. The van der Waals surface area contributed by atoms with Crippen LogP contribution >= 0.6 is 0 Å². The van der Waals surface area contributed by atoms with Gasteiger partial charge in [0.05, 0.1) is 6.61 Å². The molecular weight excluding hydrogens is 176 g/mol. The maximum Gasteiger partial charge on any atom is 0.0622 e. The molecule has 3 nitrogen and oxygen atoms in total. The van der Waals surface area contributed by atoms with Crippen molar-refractivity contribution in [3.63, 3.8) is 0 Å². The Balaban J connectivity index is 1.61. The highest BCUT2D eigenvalue weighted by Gasteiger charge is 2.30. The molecule has 3 rings (SSSR count). The van der Waals surface area contributed by atoms with Crippen LogP contribution in [0.5, 0.6) is 0 Å². The van der Waals surface area contributed by atoms with E-state index >= 15 is 0 Å². The Labute approximate surface area is 85.1 Å². The summed E-state index contributed by atoms with van der Waals surface area (Å²) in [6.07, 6.45) is 2.57. The molecule has 3 heterocycles. The molecule has 0 spiro atoms. The Kier molecular flexibility index (Phi) is 2.32. The quantitative estimate of drug-likeness (QED) is 0.611. The molecule has 0 aromatic rings. The van der Waals surface area contributed by atoms with Gasteiger partial charge in [-0.15, -0.1) is 0 Å². The van der Waals surface area contributed by atoms with Gasteiger partial charge in [0.25, 0.3) is 0 Å². The summed E-state index contributed by atoms with van der Waals surface area (Å²) in [5.74, 6) is 0. The minimum absolute atomic E-state index is 0.689. The van der Waals surface area contributed by atoms with Crippen molar-refractivity contribution in [1.82, 2.24) is 10.2 Å². The fourth-order valence-corrected chi connectivity index (χ4v) is 2.77. The zero-order chi connectivity index (χ0) is 9.38. The second kappa shape index (κ2) is 3.65. The van der Waals surface area contributed by atoms with Crippen LogP contribution in [0.2, 0.25) is 0 Å². The van der Waals surface area contributed by atoms with Crippen molar-refractivity contribution in [3.05, 3.63) is 11.1 Å². The maximum atomic E-state index is 5.54. The first kappa shape index (κ1) is 8.89. The first-order chi connectivity index (χ1) is 6.93. The second-order valence-corrected chi connectivity index (χ2v) is 4.59. The van der Waals surface area contributed by atoms with Gasteiger partial charge in [0, 0.05) is 38.8 Å². The topological polar surface area (TPSA) is 24.5 Å². The highest BCUT2D eigenvalue weighted by Crippen LogP contribution is 2.25. The van der Waals surface area contributed by atoms with Gasteiger partial charge >= 0.3 is 0 Å². The summed E-state index contributed by atoms with van der Waals surface area (Å²) in [5.41, 5.74) is 3.30. The molecule has 78 valence electrons. The van der Waals surface area contributed by atoms with Gasteiger partial charge in [-0.3, -0.25) is 4.90 Å².